The fourth-order valence-electron chi connectivity index (χ4n) is 4.23. The molecule has 4 N–H and O–H groups in total. The Balaban J connectivity index is 1.50. The highest BCUT2D eigenvalue weighted by molar-refractivity contribution is 6.06. The summed E-state index contributed by atoms with van der Waals surface area (Å²) in [4.78, 5) is 0. The fraction of sp³-hybridized carbons (Fsp3) is 0.0333. The Morgan fingerprint density at radius 3 is 2.32 bits per heavy atom. The van der Waals surface area contributed by atoms with E-state index in [2.05, 4.69) is 65.8 Å². The first-order chi connectivity index (χ1) is 16.7. The molecular formula is C30H25N3O. The van der Waals surface area contributed by atoms with Crippen LogP contribution in [-0.4, -0.2) is 5.84 Å². The number of benzene rings is 4. The third kappa shape index (κ3) is 3.97. The highest BCUT2D eigenvalue weighted by Gasteiger charge is 2.11. The van der Waals surface area contributed by atoms with Crippen molar-refractivity contribution in [2.75, 3.05) is 0 Å². The summed E-state index contributed by atoms with van der Waals surface area (Å²) in [5, 5.41) is 5.89. The summed E-state index contributed by atoms with van der Waals surface area (Å²) in [6, 6.07) is 28.9. The molecule has 0 bridgehead atoms. The Morgan fingerprint density at radius 2 is 1.53 bits per heavy atom. The fourth-order valence-corrected chi connectivity index (χ4v) is 4.23. The van der Waals surface area contributed by atoms with E-state index in [0.29, 0.717) is 5.84 Å². The van der Waals surface area contributed by atoms with E-state index in [9.17, 15) is 0 Å². The molecule has 5 aromatic rings. The summed E-state index contributed by atoms with van der Waals surface area (Å²) in [7, 11) is 0. The van der Waals surface area contributed by atoms with Gasteiger partial charge in [0.2, 0.25) is 0 Å². The highest BCUT2D eigenvalue weighted by atomic mass is 16.3. The maximum absolute atomic E-state index is 6.17. The zero-order chi connectivity index (χ0) is 23.5. The minimum absolute atomic E-state index is 0.315. The van der Waals surface area contributed by atoms with Crippen molar-refractivity contribution in [1.82, 2.24) is 0 Å². The summed E-state index contributed by atoms with van der Waals surface area (Å²) < 4.78 is 6.17. The molecule has 0 aliphatic rings. The largest absolute Gasteiger partial charge is 0.456 e. The number of furan rings is 1. The smallest absolute Gasteiger partial charge is 0.150 e. The number of hydrogen-bond donors (Lipinski definition) is 2. The van der Waals surface area contributed by atoms with E-state index in [0.717, 1.165) is 55.3 Å². The molecule has 34 heavy (non-hydrogen) atoms. The summed E-state index contributed by atoms with van der Waals surface area (Å²) in [6.07, 6.45) is 8.17. The molecule has 0 radical (unpaired) electrons. The summed E-state index contributed by atoms with van der Waals surface area (Å²) >= 11 is 0. The quantitative estimate of drug-likeness (QED) is 0.100. The van der Waals surface area contributed by atoms with Gasteiger partial charge in [-0.1, -0.05) is 85.0 Å². The van der Waals surface area contributed by atoms with E-state index in [1.54, 1.807) is 0 Å². The number of nitrogens with two attached hydrogens (primary N) is 2. The van der Waals surface area contributed by atoms with Crippen LogP contribution in [0.25, 0.3) is 50.3 Å². The van der Waals surface area contributed by atoms with Crippen molar-refractivity contribution in [3.05, 3.63) is 114 Å². The number of nitrogens with zero attached hydrogens (tertiary/aromatic N) is 1. The van der Waals surface area contributed by atoms with Crippen LogP contribution in [0.3, 0.4) is 0 Å². The molecule has 0 saturated carbocycles. The van der Waals surface area contributed by atoms with Gasteiger partial charge in [0, 0.05) is 16.3 Å². The van der Waals surface area contributed by atoms with Crippen LogP contribution in [-0.2, 0) is 0 Å². The Kier molecular flexibility index (Phi) is 5.71. The second-order valence-electron chi connectivity index (χ2n) is 8.09. The topological polar surface area (TPSA) is 77.5 Å². The molecule has 0 fully saturated rings. The lowest BCUT2D eigenvalue weighted by atomic mass is 9.96. The molecule has 1 aromatic heterocycles. The van der Waals surface area contributed by atoms with Crippen LogP contribution >= 0.6 is 0 Å². The van der Waals surface area contributed by atoms with Crippen LogP contribution in [0, 0.1) is 0 Å². The van der Waals surface area contributed by atoms with Gasteiger partial charge >= 0.3 is 0 Å². The van der Waals surface area contributed by atoms with E-state index >= 15 is 0 Å². The third-order valence-electron chi connectivity index (χ3n) is 5.96. The molecule has 0 saturated heterocycles. The van der Waals surface area contributed by atoms with Crippen molar-refractivity contribution in [1.29, 1.82) is 0 Å². The van der Waals surface area contributed by atoms with Crippen molar-refractivity contribution >= 4 is 33.9 Å². The van der Waals surface area contributed by atoms with Crippen molar-refractivity contribution in [3.63, 3.8) is 0 Å². The molecule has 0 atom stereocenters. The molecule has 0 amide bonds. The standard InChI is InChI=1S/C30H25N3O/c1-2-3-4-7-20-10-17-28-27(18-20)25-16-15-23(19-29(25)34-28)21-11-13-22(14-12-21)24-8-5-6-9-26(24)30(31)33-32/h2-19H,32H2,1H3,(H2,31,33)/b3-2-,7-4-. The number of hydrogen-bond acceptors (Lipinski definition) is 3. The second-order valence-corrected chi connectivity index (χ2v) is 8.09. The summed E-state index contributed by atoms with van der Waals surface area (Å²) in [5.41, 5.74) is 14.0. The van der Waals surface area contributed by atoms with Gasteiger partial charge in [0.1, 0.15) is 11.2 Å². The number of fused-ring (bicyclic) bond motifs is 3. The molecule has 0 aliphatic heterocycles. The van der Waals surface area contributed by atoms with E-state index < -0.39 is 0 Å². The zero-order valence-electron chi connectivity index (χ0n) is 18.9. The Hall–Kier alpha value is -4.57. The molecule has 0 aliphatic carbocycles. The monoisotopic (exact) mass is 443 g/mol. The van der Waals surface area contributed by atoms with Crippen LogP contribution in [0.5, 0.6) is 0 Å². The van der Waals surface area contributed by atoms with Gasteiger partial charge in [0.25, 0.3) is 0 Å². The molecule has 4 heteroatoms. The van der Waals surface area contributed by atoms with Gasteiger partial charge in [-0.3, -0.25) is 0 Å². The first-order valence-corrected chi connectivity index (χ1v) is 11.2. The van der Waals surface area contributed by atoms with Gasteiger partial charge in [0.15, 0.2) is 5.84 Å². The number of rotatable bonds is 5. The Morgan fingerprint density at radius 1 is 0.765 bits per heavy atom. The first kappa shape index (κ1) is 21.3. The van der Waals surface area contributed by atoms with Crippen LogP contribution < -0.4 is 11.6 Å². The molecule has 4 aromatic carbocycles. The summed E-state index contributed by atoms with van der Waals surface area (Å²) in [5.74, 6) is 5.72. The van der Waals surface area contributed by atoms with Crippen molar-refractivity contribution in [2.24, 2.45) is 16.7 Å². The lowest BCUT2D eigenvalue weighted by Crippen LogP contribution is -2.16. The van der Waals surface area contributed by atoms with E-state index in [1.165, 1.54) is 0 Å². The maximum Gasteiger partial charge on any atom is 0.150 e. The number of amidine groups is 1. The van der Waals surface area contributed by atoms with Gasteiger partial charge in [-0.2, -0.15) is 5.10 Å². The Labute approximate surface area is 198 Å². The van der Waals surface area contributed by atoms with Crippen LogP contribution in [0.2, 0.25) is 0 Å². The SMILES string of the molecule is C/C=C\C=C/c1ccc2oc3cc(-c4ccc(-c5ccccc5/C(N)=N/N)cc4)ccc3c2c1. The molecule has 0 spiro atoms. The first-order valence-electron chi connectivity index (χ1n) is 11.2. The average Bonchev–Trinajstić information content (AvgIpc) is 3.25. The number of allylic oxidation sites excluding steroid dienone is 3. The minimum Gasteiger partial charge on any atom is -0.456 e. The van der Waals surface area contributed by atoms with Gasteiger partial charge < -0.3 is 16.0 Å². The molecule has 1 heterocycles. The van der Waals surface area contributed by atoms with Crippen molar-refractivity contribution in [3.8, 4) is 22.3 Å². The van der Waals surface area contributed by atoms with E-state index in [1.807, 2.05) is 55.5 Å². The predicted octanol–water partition coefficient (Wildman–Crippen LogP) is 7.09. The Bertz CT molecular complexity index is 1570. The molecule has 166 valence electrons. The average molecular weight is 444 g/mol. The third-order valence-corrected chi connectivity index (χ3v) is 5.96. The van der Waals surface area contributed by atoms with Crippen LogP contribution in [0.15, 0.2) is 113 Å². The van der Waals surface area contributed by atoms with E-state index in [-0.39, 0.29) is 0 Å². The zero-order valence-corrected chi connectivity index (χ0v) is 18.9. The minimum atomic E-state index is 0.315. The van der Waals surface area contributed by atoms with Crippen LogP contribution in [0.1, 0.15) is 18.1 Å². The normalized spacial score (nSPS) is 12.4. The number of hydrazone groups is 1. The lowest BCUT2D eigenvalue weighted by Gasteiger charge is -2.10. The van der Waals surface area contributed by atoms with Crippen molar-refractivity contribution < 1.29 is 4.42 Å². The molecule has 4 nitrogen and oxygen atoms in total. The van der Waals surface area contributed by atoms with Gasteiger partial charge in [-0.25, -0.2) is 0 Å². The van der Waals surface area contributed by atoms with Crippen LogP contribution in [0.4, 0.5) is 0 Å². The molecule has 5 rings (SSSR count). The van der Waals surface area contributed by atoms with E-state index in [4.69, 9.17) is 16.0 Å². The maximum atomic E-state index is 6.17. The predicted molar refractivity (Wildman–Crippen MR) is 143 cm³/mol. The van der Waals surface area contributed by atoms with Gasteiger partial charge in [-0.15, -0.1) is 0 Å². The molecular weight excluding hydrogens is 418 g/mol. The molecule has 0 unspecified atom stereocenters. The van der Waals surface area contributed by atoms with Gasteiger partial charge in [-0.05, 0) is 59.0 Å². The van der Waals surface area contributed by atoms with Gasteiger partial charge in [0.05, 0.1) is 0 Å². The highest BCUT2D eigenvalue weighted by Crippen LogP contribution is 2.34. The second kappa shape index (κ2) is 9.12. The summed E-state index contributed by atoms with van der Waals surface area (Å²) in [6.45, 7) is 2.01. The van der Waals surface area contributed by atoms with Crippen molar-refractivity contribution in [2.45, 2.75) is 6.92 Å². The lowest BCUT2D eigenvalue weighted by molar-refractivity contribution is 0.669.